The van der Waals surface area contributed by atoms with Crippen LogP contribution in [-0.4, -0.2) is 37.1 Å². The molecular formula is C18H19N3O2. The average molecular weight is 309 g/mol. The summed E-state index contributed by atoms with van der Waals surface area (Å²) in [6.07, 6.45) is 4.13. The SMILES string of the molecule is COc1ncccc1C(=O)N1CCN(C2CC2)c2ccccc21. The number of rotatable bonds is 3. The van der Waals surface area contributed by atoms with E-state index in [0.717, 1.165) is 17.9 Å². The van der Waals surface area contributed by atoms with Gasteiger partial charge in [-0.3, -0.25) is 4.79 Å². The fourth-order valence-electron chi connectivity index (χ4n) is 3.22. The van der Waals surface area contributed by atoms with E-state index in [1.165, 1.54) is 20.0 Å². The van der Waals surface area contributed by atoms with Crippen molar-refractivity contribution in [3.8, 4) is 5.88 Å². The number of methoxy groups -OCH3 is 1. The third-order valence-electron chi connectivity index (χ3n) is 4.47. The lowest BCUT2D eigenvalue weighted by atomic mass is 10.1. The van der Waals surface area contributed by atoms with E-state index in [0.29, 0.717) is 24.0 Å². The first-order valence-corrected chi connectivity index (χ1v) is 7.96. The number of amides is 1. The molecule has 1 saturated carbocycles. The van der Waals surface area contributed by atoms with E-state index in [-0.39, 0.29) is 5.91 Å². The van der Waals surface area contributed by atoms with Gasteiger partial charge in [-0.1, -0.05) is 12.1 Å². The van der Waals surface area contributed by atoms with Gasteiger partial charge in [-0.15, -0.1) is 0 Å². The molecule has 0 bridgehead atoms. The Hall–Kier alpha value is -2.56. The second-order valence-corrected chi connectivity index (χ2v) is 5.93. The maximum Gasteiger partial charge on any atom is 0.263 e. The summed E-state index contributed by atoms with van der Waals surface area (Å²) in [5.74, 6) is 0.317. The Morgan fingerprint density at radius 1 is 1.13 bits per heavy atom. The standard InChI is InChI=1S/C18H19N3O2/c1-23-17-14(5-4-10-19-17)18(22)21-12-11-20(13-8-9-13)15-6-2-3-7-16(15)21/h2-7,10,13H,8-9,11-12H2,1H3. The predicted octanol–water partition coefficient (Wildman–Crippen LogP) is 2.72. The summed E-state index contributed by atoms with van der Waals surface area (Å²) in [7, 11) is 1.54. The van der Waals surface area contributed by atoms with Crippen LogP contribution < -0.4 is 14.5 Å². The molecule has 2 aliphatic rings. The minimum atomic E-state index is -0.0575. The van der Waals surface area contributed by atoms with Crippen molar-refractivity contribution < 1.29 is 9.53 Å². The number of hydrogen-bond donors (Lipinski definition) is 0. The molecule has 0 N–H and O–H groups in total. The highest BCUT2D eigenvalue weighted by Crippen LogP contribution is 2.40. The number of carbonyl (C=O) groups excluding carboxylic acids is 1. The number of benzene rings is 1. The summed E-state index contributed by atoms with van der Waals surface area (Å²) in [5, 5.41) is 0. The van der Waals surface area contributed by atoms with Crippen LogP contribution in [0.3, 0.4) is 0 Å². The van der Waals surface area contributed by atoms with Gasteiger partial charge in [0.05, 0.1) is 18.5 Å². The summed E-state index contributed by atoms with van der Waals surface area (Å²) in [5.41, 5.74) is 2.63. The number of nitrogens with zero attached hydrogens (tertiary/aromatic N) is 3. The molecule has 1 aromatic heterocycles. The molecule has 1 aliphatic heterocycles. The van der Waals surface area contributed by atoms with Crippen LogP contribution in [0.1, 0.15) is 23.2 Å². The van der Waals surface area contributed by atoms with Crippen molar-refractivity contribution in [2.75, 3.05) is 30.0 Å². The molecule has 23 heavy (non-hydrogen) atoms. The minimum Gasteiger partial charge on any atom is -0.480 e. The van der Waals surface area contributed by atoms with Gasteiger partial charge in [0.1, 0.15) is 5.56 Å². The molecule has 4 rings (SSSR count). The molecule has 1 aromatic carbocycles. The highest BCUT2D eigenvalue weighted by molar-refractivity contribution is 6.09. The van der Waals surface area contributed by atoms with Gasteiger partial charge < -0.3 is 14.5 Å². The molecule has 1 amide bonds. The van der Waals surface area contributed by atoms with Gasteiger partial charge >= 0.3 is 0 Å². The fourth-order valence-corrected chi connectivity index (χ4v) is 3.22. The molecule has 0 unspecified atom stereocenters. The van der Waals surface area contributed by atoms with Crippen molar-refractivity contribution in [3.05, 3.63) is 48.2 Å². The van der Waals surface area contributed by atoms with Gasteiger partial charge in [0, 0.05) is 25.3 Å². The predicted molar refractivity (Wildman–Crippen MR) is 89.3 cm³/mol. The van der Waals surface area contributed by atoms with Crippen LogP contribution in [0.25, 0.3) is 0 Å². The van der Waals surface area contributed by atoms with E-state index in [1.54, 1.807) is 18.3 Å². The number of ether oxygens (including phenoxy) is 1. The van der Waals surface area contributed by atoms with E-state index >= 15 is 0 Å². The molecule has 2 heterocycles. The normalized spacial score (nSPS) is 16.9. The number of pyridine rings is 1. The molecule has 2 aromatic rings. The van der Waals surface area contributed by atoms with Gasteiger partial charge in [0.15, 0.2) is 0 Å². The van der Waals surface area contributed by atoms with Crippen LogP contribution in [-0.2, 0) is 0 Å². The summed E-state index contributed by atoms with van der Waals surface area (Å²) in [4.78, 5) is 21.4. The van der Waals surface area contributed by atoms with E-state index in [1.807, 2.05) is 23.1 Å². The Balaban J connectivity index is 1.71. The molecule has 1 fully saturated rings. The highest BCUT2D eigenvalue weighted by atomic mass is 16.5. The summed E-state index contributed by atoms with van der Waals surface area (Å²) in [6.45, 7) is 1.56. The number of para-hydroxylation sites is 2. The monoisotopic (exact) mass is 309 g/mol. The lowest BCUT2D eigenvalue weighted by molar-refractivity contribution is 0.0983. The third-order valence-corrected chi connectivity index (χ3v) is 4.47. The van der Waals surface area contributed by atoms with E-state index in [4.69, 9.17) is 4.74 Å². The van der Waals surface area contributed by atoms with Crippen molar-refractivity contribution in [2.24, 2.45) is 0 Å². The van der Waals surface area contributed by atoms with Gasteiger partial charge in [-0.25, -0.2) is 4.98 Å². The lowest BCUT2D eigenvalue weighted by Gasteiger charge is -2.38. The van der Waals surface area contributed by atoms with Gasteiger partial charge in [-0.05, 0) is 37.1 Å². The fraction of sp³-hybridized carbons (Fsp3) is 0.333. The van der Waals surface area contributed by atoms with Crippen LogP contribution in [0.5, 0.6) is 5.88 Å². The number of anilines is 2. The number of hydrogen-bond acceptors (Lipinski definition) is 4. The molecule has 118 valence electrons. The quantitative estimate of drug-likeness (QED) is 0.874. The highest BCUT2D eigenvalue weighted by Gasteiger charge is 2.36. The zero-order chi connectivity index (χ0) is 15.8. The number of fused-ring (bicyclic) bond motifs is 1. The van der Waals surface area contributed by atoms with Gasteiger partial charge in [-0.2, -0.15) is 0 Å². The Morgan fingerprint density at radius 2 is 1.91 bits per heavy atom. The van der Waals surface area contributed by atoms with Crippen molar-refractivity contribution >= 4 is 17.3 Å². The number of aromatic nitrogens is 1. The Kier molecular flexibility index (Phi) is 3.41. The Morgan fingerprint density at radius 3 is 2.65 bits per heavy atom. The van der Waals surface area contributed by atoms with E-state index < -0.39 is 0 Å². The first-order chi connectivity index (χ1) is 11.3. The molecule has 5 nitrogen and oxygen atoms in total. The zero-order valence-corrected chi connectivity index (χ0v) is 13.1. The van der Waals surface area contributed by atoms with Crippen LogP contribution in [0.2, 0.25) is 0 Å². The third kappa shape index (κ3) is 2.42. The van der Waals surface area contributed by atoms with Crippen LogP contribution in [0, 0.1) is 0 Å². The second kappa shape index (κ2) is 5.57. The van der Waals surface area contributed by atoms with Gasteiger partial charge in [0.2, 0.25) is 5.88 Å². The first-order valence-electron chi connectivity index (χ1n) is 7.96. The Labute approximate surface area is 135 Å². The average Bonchev–Trinajstić information content (AvgIpc) is 3.45. The van der Waals surface area contributed by atoms with Gasteiger partial charge in [0.25, 0.3) is 5.91 Å². The summed E-state index contributed by atoms with van der Waals surface area (Å²) >= 11 is 0. The summed E-state index contributed by atoms with van der Waals surface area (Å²) in [6, 6.07) is 12.3. The molecule has 0 atom stereocenters. The molecule has 5 heteroatoms. The Bertz CT molecular complexity index is 743. The van der Waals surface area contributed by atoms with Crippen molar-refractivity contribution in [3.63, 3.8) is 0 Å². The van der Waals surface area contributed by atoms with Crippen LogP contribution >= 0.6 is 0 Å². The largest absolute Gasteiger partial charge is 0.480 e. The summed E-state index contributed by atoms with van der Waals surface area (Å²) < 4.78 is 5.25. The van der Waals surface area contributed by atoms with Crippen molar-refractivity contribution in [2.45, 2.75) is 18.9 Å². The molecule has 0 radical (unpaired) electrons. The first kappa shape index (κ1) is 14.1. The molecule has 1 aliphatic carbocycles. The van der Waals surface area contributed by atoms with Crippen molar-refractivity contribution in [1.29, 1.82) is 0 Å². The maximum absolute atomic E-state index is 13.0. The smallest absolute Gasteiger partial charge is 0.263 e. The second-order valence-electron chi connectivity index (χ2n) is 5.93. The molecular weight excluding hydrogens is 290 g/mol. The van der Waals surface area contributed by atoms with Crippen LogP contribution in [0.4, 0.5) is 11.4 Å². The zero-order valence-electron chi connectivity index (χ0n) is 13.1. The lowest BCUT2D eigenvalue weighted by Crippen LogP contribution is -2.45. The van der Waals surface area contributed by atoms with Crippen LogP contribution in [0.15, 0.2) is 42.6 Å². The molecule has 0 saturated heterocycles. The van der Waals surface area contributed by atoms with Crippen molar-refractivity contribution in [1.82, 2.24) is 4.98 Å². The maximum atomic E-state index is 13.0. The molecule has 0 spiro atoms. The van der Waals surface area contributed by atoms with E-state index in [2.05, 4.69) is 16.0 Å². The van der Waals surface area contributed by atoms with E-state index in [9.17, 15) is 4.79 Å². The topological polar surface area (TPSA) is 45.7 Å². The minimum absolute atomic E-state index is 0.0575. The number of carbonyl (C=O) groups is 1.